The van der Waals surface area contributed by atoms with E-state index in [-0.39, 0.29) is 4.90 Å². The predicted molar refractivity (Wildman–Crippen MR) is 77.7 cm³/mol. The first-order chi connectivity index (χ1) is 8.82. The van der Waals surface area contributed by atoms with Crippen molar-refractivity contribution >= 4 is 15.7 Å². The Balaban J connectivity index is 3.07. The van der Waals surface area contributed by atoms with Crippen molar-refractivity contribution in [3.8, 4) is 0 Å². The molecule has 1 aromatic rings. The fraction of sp³-hybridized carbons (Fsp3) is 0.615. The van der Waals surface area contributed by atoms with Gasteiger partial charge < -0.3 is 5.32 Å². The molecule has 1 heterocycles. The first-order valence-corrected chi connectivity index (χ1v) is 8.02. The molecule has 0 aliphatic heterocycles. The van der Waals surface area contributed by atoms with Gasteiger partial charge in [0.25, 0.3) is 0 Å². The number of hydrogen-bond donors (Lipinski definition) is 2. The van der Waals surface area contributed by atoms with Gasteiger partial charge in [0, 0.05) is 24.5 Å². The van der Waals surface area contributed by atoms with Gasteiger partial charge in [-0.05, 0) is 33.3 Å². The van der Waals surface area contributed by atoms with Crippen LogP contribution >= 0.6 is 0 Å². The molecule has 2 N–H and O–H groups in total. The number of nitrogens with one attached hydrogen (secondary N) is 2. The SMILES string of the molecule is CCCC(C)(C)NS(=O)(=O)c1cnccc1NCC. The van der Waals surface area contributed by atoms with E-state index in [1.165, 1.54) is 6.20 Å². The van der Waals surface area contributed by atoms with Crippen LogP contribution in [-0.4, -0.2) is 25.5 Å². The number of rotatable bonds is 7. The van der Waals surface area contributed by atoms with Crippen LogP contribution in [0.2, 0.25) is 0 Å². The highest BCUT2D eigenvalue weighted by atomic mass is 32.2. The third-order valence-electron chi connectivity index (χ3n) is 2.73. The zero-order valence-corrected chi connectivity index (χ0v) is 12.8. The summed E-state index contributed by atoms with van der Waals surface area (Å²) in [6.45, 7) is 8.38. The van der Waals surface area contributed by atoms with E-state index in [1.54, 1.807) is 12.3 Å². The molecule has 1 rings (SSSR count). The number of anilines is 1. The normalized spacial score (nSPS) is 12.4. The van der Waals surface area contributed by atoms with Crippen molar-refractivity contribution in [3.05, 3.63) is 18.5 Å². The minimum Gasteiger partial charge on any atom is -0.384 e. The Kier molecular flexibility index (Phi) is 5.31. The van der Waals surface area contributed by atoms with Crippen LogP contribution in [0.4, 0.5) is 5.69 Å². The Morgan fingerprint density at radius 3 is 2.58 bits per heavy atom. The van der Waals surface area contributed by atoms with Gasteiger partial charge in [0.2, 0.25) is 10.0 Å². The van der Waals surface area contributed by atoms with Crippen LogP contribution in [0.1, 0.15) is 40.5 Å². The summed E-state index contributed by atoms with van der Waals surface area (Å²) in [5, 5.41) is 3.04. The van der Waals surface area contributed by atoms with Crippen molar-refractivity contribution in [3.63, 3.8) is 0 Å². The number of hydrogen-bond acceptors (Lipinski definition) is 4. The van der Waals surface area contributed by atoms with E-state index in [9.17, 15) is 8.42 Å². The largest absolute Gasteiger partial charge is 0.384 e. The van der Waals surface area contributed by atoms with Crippen molar-refractivity contribution in [2.24, 2.45) is 0 Å². The van der Waals surface area contributed by atoms with Gasteiger partial charge in [-0.2, -0.15) is 0 Å². The molecular weight excluding hydrogens is 262 g/mol. The first kappa shape index (κ1) is 15.9. The molecule has 6 heteroatoms. The lowest BCUT2D eigenvalue weighted by Gasteiger charge is -2.26. The van der Waals surface area contributed by atoms with Crippen molar-refractivity contribution in [1.29, 1.82) is 0 Å². The van der Waals surface area contributed by atoms with Crippen LogP contribution in [0.15, 0.2) is 23.4 Å². The molecule has 108 valence electrons. The Morgan fingerprint density at radius 1 is 1.32 bits per heavy atom. The molecule has 0 fully saturated rings. The minimum atomic E-state index is -3.57. The highest BCUT2D eigenvalue weighted by molar-refractivity contribution is 7.89. The van der Waals surface area contributed by atoms with Crippen LogP contribution in [0.25, 0.3) is 0 Å². The van der Waals surface area contributed by atoms with Gasteiger partial charge in [0.1, 0.15) is 4.90 Å². The number of aromatic nitrogens is 1. The zero-order chi connectivity index (χ0) is 14.5. The standard InChI is InChI=1S/C13H23N3O2S/c1-5-8-13(3,4)16-19(17,18)12-10-14-9-7-11(12)15-6-2/h7,9-10,16H,5-6,8H2,1-4H3,(H,14,15). The van der Waals surface area contributed by atoms with Crippen molar-refractivity contribution in [1.82, 2.24) is 9.71 Å². The third kappa shape index (κ3) is 4.47. The Labute approximate surface area is 115 Å². The van der Waals surface area contributed by atoms with Crippen molar-refractivity contribution < 1.29 is 8.42 Å². The van der Waals surface area contributed by atoms with Crippen LogP contribution in [0.5, 0.6) is 0 Å². The second kappa shape index (κ2) is 6.34. The van der Waals surface area contributed by atoms with Crippen molar-refractivity contribution in [2.45, 2.75) is 51.0 Å². The number of nitrogens with zero attached hydrogens (tertiary/aromatic N) is 1. The van der Waals surface area contributed by atoms with E-state index >= 15 is 0 Å². The van der Waals surface area contributed by atoms with Crippen LogP contribution < -0.4 is 10.0 Å². The molecule has 5 nitrogen and oxygen atoms in total. The molecule has 0 atom stereocenters. The molecule has 0 unspecified atom stereocenters. The van der Waals surface area contributed by atoms with Crippen LogP contribution in [0.3, 0.4) is 0 Å². The average Bonchev–Trinajstić information content (AvgIpc) is 2.28. The summed E-state index contributed by atoms with van der Waals surface area (Å²) in [5.74, 6) is 0. The molecule has 1 aromatic heterocycles. The molecule has 0 aromatic carbocycles. The number of pyridine rings is 1. The summed E-state index contributed by atoms with van der Waals surface area (Å²) in [6, 6.07) is 1.67. The summed E-state index contributed by atoms with van der Waals surface area (Å²) >= 11 is 0. The van der Waals surface area contributed by atoms with E-state index < -0.39 is 15.6 Å². The van der Waals surface area contributed by atoms with Gasteiger partial charge in [-0.3, -0.25) is 4.98 Å². The van der Waals surface area contributed by atoms with Gasteiger partial charge in [-0.15, -0.1) is 0 Å². The maximum Gasteiger partial charge on any atom is 0.244 e. The maximum atomic E-state index is 12.4. The fourth-order valence-corrected chi connectivity index (χ4v) is 3.59. The van der Waals surface area contributed by atoms with Crippen LogP contribution in [-0.2, 0) is 10.0 Å². The third-order valence-corrected chi connectivity index (χ3v) is 4.45. The van der Waals surface area contributed by atoms with Crippen LogP contribution in [0, 0.1) is 0 Å². The first-order valence-electron chi connectivity index (χ1n) is 6.54. The summed E-state index contributed by atoms with van der Waals surface area (Å²) in [5.41, 5.74) is 0.115. The molecular formula is C13H23N3O2S. The monoisotopic (exact) mass is 285 g/mol. The van der Waals surface area contributed by atoms with Gasteiger partial charge in [-0.1, -0.05) is 13.3 Å². The van der Waals surface area contributed by atoms with E-state index in [0.717, 1.165) is 12.8 Å². The minimum absolute atomic E-state index is 0.195. The molecule has 0 bridgehead atoms. The second-order valence-corrected chi connectivity index (χ2v) is 6.79. The molecule has 0 amide bonds. The maximum absolute atomic E-state index is 12.4. The zero-order valence-electron chi connectivity index (χ0n) is 12.0. The highest BCUT2D eigenvalue weighted by Gasteiger charge is 2.27. The van der Waals surface area contributed by atoms with Gasteiger partial charge >= 0.3 is 0 Å². The molecule has 0 aliphatic carbocycles. The average molecular weight is 285 g/mol. The lowest BCUT2D eigenvalue weighted by molar-refractivity contribution is 0.418. The van der Waals surface area contributed by atoms with Gasteiger partial charge in [0.15, 0.2) is 0 Å². The molecule has 0 radical (unpaired) electrons. The van der Waals surface area contributed by atoms with E-state index in [2.05, 4.69) is 15.0 Å². The van der Waals surface area contributed by atoms with E-state index in [1.807, 2.05) is 27.7 Å². The smallest absolute Gasteiger partial charge is 0.244 e. The fourth-order valence-electron chi connectivity index (χ4n) is 2.03. The lowest BCUT2D eigenvalue weighted by Crippen LogP contribution is -2.43. The van der Waals surface area contributed by atoms with Crippen molar-refractivity contribution in [2.75, 3.05) is 11.9 Å². The second-order valence-electron chi connectivity index (χ2n) is 5.14. The molecule has 0 saturated carbocycles. The molecule has 19 heavy (non-hydrogen) atoms. The summed E-state index contributed by atoms with van der Waals surface area (Å²) < 4.78 is 27.6. The van der Waals surface area contributed by atoms with Gasteiger partial charge in [-0.25, -0.2) is 13.1 Å². The lowest BCUT2D eigenvalue weighted by atomic mass is 10.0. The predicted octanol–water partition coefficient (Wildman–Crippen LogP) is 2.37. The number of sulfonamides is 1. The van der Waals surface area contributed by atoms with Gasteiger partial charge in [0.05, 0.1) is 5.69 Å². The highest BCUT2D eigenvalue weighted by Crippen LogP contribution is 2.22. The topological polar surface area (TPSA) is 71.1 Å². The summed E-state index contributed by atoms with van der Waals surface area (Å²) in [6.07, 6.45) is 4.65. The Bertz CT molecular complexity index is 512. The summed E-state index contributed by atoms with van der Waals surface area (Å²) in [4.78, 5) is 4.11. The quantitative estimate of drug-likeness (QED) is 0.807. The summed E-state index contributed by atoms with van der Waals surface area (Å²) in [7, 11) is -3.57. The van der Waals surface area contributed by atoms with E-state index in [0.29, 0.717) is 12.2 Å². The Morgan fingerprint density at radius 2 is 2.00 bits per heavy atom. The molecule has 0 spiro atoms. The molecule has 0 aliphatic rings. The molecule has 0 saturated heterocycles. The Hall–Kier alpha value is -1.14. The van der Waals surface area contributed by atoms with E-state index in [4.69, 9.17) is 0 Å².